The highest BCUT2D eigenvalue weighted by atomic mass is 32.1. The summed E-state index contributed by atoms with van der Waals surface area (Å²) in [4.78, 5) is 11.0. The summed E-state index contributed by atoms with van der Waals surface area (Å²) in [7, 11) is 0. The van der Waals surface area contributed by atoms with Crippen molar-refractivity contribution in [2.75, 3.05) is 0 Å². The number of carbonyl (C=O) groups excluding carboxylic acids is 1. The Bertz CT molecular complexity index is 533. The molecule has 0 aliphatic rings. The molecule has 1 aromatic heterocycles. The molecule has 16 heavy (non-hydrogen) atoms. The maximum absolute atomic E-state index is 11.0. The number of Topliss-reactive ketones (excluding diaryl/α,β-unsaturated/α-hetero) is 1. The fourth-order valence-electron chi connectivity index (χ4n) is 1.21. The Morgan fingerprint density at radius 2 is 1.94 bits per heavy atom. The largest absolute Gasteiger partial charge is 0.574 e. The van der Waals surface area contributed by atoms with Gasteiger partial charge in [0.25, 0.3) is 5.89 Å². The van der Waals surface area contributed by atoms with Crippen molar-refractivity contribution < 1.29 is 13.4 Å². The number of rotatable bonds is 3. The standard InChI is InChI=1S/C10H7N2O3S/c1-6(13)7-2-4-8(5-3-7)9-11-12-10(15-9)16-14/h2-5H,1H3/q+1. The minimum absolute atomic E-state index is 0.00659. The summed E-state index contributed by atoms with van der Waals surface area (Å²) in [5.74, 6) is 0.265. The van der Waals surface area contributed by atoms with Crippen LogP contribution in [0.2, 0.25) is 0 Å². The van der Waals surface area contributed by atoms with E-state index in [2.05, 4.69) is 10.2 Å². The second kappa shape index (κ2) is 4.28. The van der Waals surface area contributed by atoms with Crippen LogP contribution in [-0.2, 0) is 15.9 Å². The second-order valence-electron chi connectivity index (χ2n) is 3.09. The molecule has 0 saturated carbocycles. The van der Waals surface area contributed by atoms with Gasteiger partial charge in [-0.05, 0) is 24.2 Å². The van der Waals surface area contributed by atoms with Gasteiger partial charge in [-0.3, -0.25) is 4.79 Å². The monoisotopic (exact) mass is 235 g/mol. The Balaban J connectivity index is 2.34. The van der Waals surface area contributed by atoms with Crippen LogP contribution < -0.4 is 0 Å². The molecule has 2 aromatic rings. The van der Waals surface area contributed by atoms with Gasteiger partial charge in [0, 0.05) is 11.1 Å². The lowest BCUT2D eigenvalue weighted by Crippen LogP contribution is -1.90. The van der Waals surface area contributed by atoms with Crippen LogP contribution in [0.5, 0.6) is 0 Å². The minimum atomic E-state index is -0.0226. The molecule has 1 aromatic carbocycles. The van der Waals surface area contributed by atoms with Crippen LogP contribution in [0.4, 0.5) is 0 Å². The van der Waals surface area contributed by atoms with Crippen LogP contribution >= 0.6 is 0 Å². The van der Waals surface area contributed by atoms with Crippen molar-refractivity contribution in [2.24, 2.45) is 0 Å². The molecular weight excluding hydrogens is 228 g/mol. The van der Waals surface area contributed by atoms with Crippen molar-refractivity contribution in [3.8, 4) is 11.5 Å². The van der Waals surface area contributed by atoms with Crippen LogP contribution in [0.15, 0.2) is 33.9 Å². The van der Waals surface area contributed by atoms with E-state index in [1.165, 1.54) is 6.92 Å². The van der Waals surface area contributed by atoms with Crippen molar-refractivity contribution in [3.05, 3.63) is 29.8 Å². The van der Waals surface area contributed by atoms with Gasteiger partial charge in [0.2, 0.25) is 0 Å². The van der Waals surface area contributed by atoms with Gasteiger partial charge in [-0.2, -0.15) is 0 Å². The first-order valence-electron chi connectivity index (χ1n) is 4.45. The molecule has 0 aliphatic heterocycles. The summed E-state index contributed by atoms with van der Waals surface area (Å²) in [6.45, 7) is 1.49. The summed E-state index contributed by atoms with van der Waals surface area (Å²) < 4.78 is 15.5. The molecule has 0 fully saturated rings. The van der Waals surface area contributed by atoms with Crippen LogP contribution in [0.1, 0.15) is 17.3 Å². The van der Waals surface area contributed by atoms with Gasteiger partial charge in [0.1, 0.15) is 0 Å². The topological polar surface area (TPSA) is 73.1 Å². The maximum atomic E-state index is 11.0. The molecule has 0 atom stereocenters. The first-order chi connectivity index (χ1) is 7.70. The average Bonchev–Trinajstić information content (AvgIpc) is 2.77. The fraction of sp³-hybridized carbons (Fsp3) is 0.100. The first kappa shape index (κ1) is 10.6. The van der Waals surface area contributed by atoms with Gasteiger partial charge in [0.05, 0.1) is 4.21 Å². The zero-order valence-electron chi connectivity index (χ0n) is 8.34. The summed E-state index contributed by atoms with van der Waals surface area (Å²) in [5, 5.41) is 7.22. The number of ketones is 1. The van der Waals surface area contributed by atoms with E-state index in [4.69, 9.17) is 4.42 Å². The van der Waals surface area contributed by atoms with E-state index >= 15 is 0 Å². The number of benzene rings is 1. The summed E-state index contributed by atoms with van der Waals surface area (Å²) >= 11 is 0.148. The van der Waals surface area contributed by atoms with E-state index in [1.807, 2.05) is 0 Å². The Morgan fingerprint density at radius 3 is 2.44 bits per heavy atom. The van der Waals surface area contributed by atoms with Crippen molar-refractivity contribution >= 4 is 17.4 Å². The number of hydrogen-bond acceptors (Lipinski definition) is 5. The smallest absolute Gasteiger partial charge is 0.369 e. The zero-order valence-corrected chi connectivity index (χ0v) is 9.15. The highest BCUT2D eigenvalue weighted by Gasteiger charge is 2.18. The van der Waals surface area contributed by atoms with Crippen molar-refractivity contribution in [1.82, 2.24) is 10.2 Å². The molecule has 0 saturated heterocycles. The molecular formula is C10H7N2O3S+. The van der Waals surface area contributed by atoms with Crippen LogP contribution in [0.25, 0.3) is 11.5 Å². The van der Waals surface area contributed by atoms with E-state index in [1.54, 1.807) is 24.3 Å². The molecule has 1 heterocycles. The molecule has 0 aliphatic carbocycles. The first-order valence-corrected chi connectivity index (χ1v) is 5.19. The number of hydrogen-bond donors (Lipinski definition) is 0. The molecule has 0 bridgehead atoms. The molecule has 6 heteroatoms. The van der Waals surface area contributed by atoms with Crippen molar-refractivity contribution in [1.29, 1.82) is 0 Å². The van der Waals surface area contributed by atoms with E-state index in [9.17, 15) is 9.00 Å². The predicted octanol–water partition coefficient (Wildman–Crippen LogP) is 1.73. The lowest BCUT2D eigenvalue weighted by atomic mass is 10.1. The van der Waals surface area contributed by atoms with E-state index in [0.717, 1.165) is 0 Å². The number of carbonyl (C=O) groups is 1. The van der Waals surface area contributed by atoms with Gasteiger partial charge >= 0.3 is 16.9 Å². The van der Waals surface area contributed by atoms with Gasteiger partial charge in [0.15, 0.2) is 5.78 Å². The van der Waals surface area contributed by atoms with Crippen molar-refractivity contribution in [3.63, 3.8) is 0 Å². The molecule has 0 spiro atoms. The highest BCUT2D eigenvalue weighted by Crippen LogP contribution is 2.18. The second-order valence-corrected chi connectivity index (χ2v) is 3.61. The highest BCUT2D eigenvalue weighted by molar-refractivity contribution is 7.65. The summed E-state index contributed by atoms with van der Waals surface area (Å²) in [5.41, 5.74) is 1.29. The third-order valence-electron chi connectivity index (χ3n) is 2.02. The Hall–Kier alpha value is -1.95. The molecule has 2 rings (SSSR count). The van der Waals surface area contributed by atoms with Crippen molar-refractivity contribution in [2.45, 2.75) is 12.1 Å². The molecule has 0 amide bonds. The predicted molar refractivity (Wildman–Crippen MR) is 56.1 cm³/mol. The molecule has 80 valence electrons. The SMILES string of the molecule is CC(=O)c1ccc(-c2nnc([S+]=O)o2)cc1. The molecule has 0 N–H and O–H groups in total. The van der Waals surface area contributed by atoms with Crippen LogP contribution in [-0.4, -0.2) is 16.0 Å². The quantitative estimate of drug-likeness (QED) is 0.598. The van der Waals surface area contributed by atoms with Crippen LogP contribution in [0.3, 0.4) is 0 Å². The Kier molecular flexibility index (Phi) is 2.82. The Labute approximate surface area is 95.0 Å². The lowest BCUT2D eigenvalue weighted by molar-refractivity contribution is 0.101. The third kappa shape index (κ3) is 2.01. The number of aromatic nitrogens is 2. The molecule has 0 radical (unpaired) electrons. The lowest BCUT2D eigenvalue weighted by Gasteiger charge is -1.96. The van der Waals surface area contributed by atoms with Gasteiger partial charge < -0.3 is 4.42 Å². The Morgan fingerprint density at radius 1 is 1.25 bits per heavy atom. The summed E-state index contributed by atoms with van der Waals surface area (Å²) in [6.07, 6.45) is 0. The van der Waals surface area contributed by atoms with E-state index in [0.29, 0.717) is 11.1 Å². The third-order valence-corrected chi connectivity index (χ3v) is 2.32. The van der Waals surface area contributed by atoms with Gasteiger partial charge in [-0.25, -0.2) is 0 Å². The molecule has 0 unspecified atom stereocenters. The minimum Gasteiger partial charge on any atom is -0.369 e. The van der Waals surface area contributed by atoms with Crippen LogP contribution in [0, 0.1) is 0 Å². The normalized spacial score (nSPS) is 10.1. The zero-order chi connectivity index (χ0) is 11.5. The van der Waals surface area contributed by atoms with Gasteiger partial charge in [-0.1, -0.05) is 12.1 Å². The number of nitrogens with zero attached hydrogens (tertiary/aromatic N) is 2. The average molecular weight is 235 g/mol. The van der Waals surface area contributed by atoms with E-state index in [-0.39, 0.29) is 28.6 Å². The maximum Gasteiger partial charge on any atom is 0.574 e. The molecule has 5 nitrogen and oxygen atoms in total. The fourth-order valence-corrected chi connectivity index (χ4v) is 1.39. The van der Waals surface area contributed by atoms with E-state index < -0.39 is 0 Å². The van der Waals surface area contributed by atoms with Gasteiger partial charge in [-0.15, -0.1) is 5.10 Å². The summed E-state index contributed by atoms with van der Waals surface area (Å²) in [6, 6.07) is 6.74.